The number of halogens is 3. The predicted octanol–water partition coefficient (Wildman–Crippen LogP) is 1.59. The lowest BCUT2D eigenvalue weighted by Crippen LogP contribution is -2.28. The van der Waals surface area contributed by atoms with Crippen LogP contribution in [0.4, 0.5) is 14.5 Å². The molecule has 0 bridgehead atoms. The van der Waals surface area contributed by atoms with Gasteiger partial charge < -0.3 is 10.5 Å². The van der Waals surface area contributed by atoms with E-state index >= 15 is 0 Å². The third-order valence-electron chi connectivity index (χ3n) is 2.06. The molecule has 3 N–H and O–H groups in total. The van der Waals surface area contributed by atoms with E-state index in [4.69, 9.17) is 5.73 Å². The van der Waals surface area contributed by atoms with E-state index in [0.29, 0.717) is 10.2 Å². The van der Waals surface area contributed by atoms with E-state index in [1.165, 1.54) is 18.2 Å². The number of anilines is 1. The average Bonchev–Trinajstić information content (AvgIpc) is 2.31. The molecule has 0 aliphatic rings. The molecule has 108 valence electrons. The first kappa shape index (κ1) is 16.3. The van der Waals surface area contributed by atoms with Crippen LogP contribution >= 0.6 is 15.9 Å². The number of ether oxygens (including phenoxy) is 1. The van der Waals surface area contributed by atoms with E-state index in [2.05, 4.69) is 25.4 Å². The zero-order chi connectivity index (χ0) is 14.5. The van der Waals surface area contributed by atoms with Gasteiger partial charge in [0.2, 0.25) is 10.0 Å². The second-order valence-electron chi connectivity index (χ2n) is 3.55. The molecule has 19 heavy (non-hydrogen) atoms. The van der Waals surface area contributed by atoms with Gasteiger partial charge in [-0.25, -0.2) is 21.9 Å². The number of nitrogen functional groups attached to an aromatic ring is 1. The van der Waals surface area contributed by atoms with Crippen LogP contribution < -0.4 is 10.5 Å². The summed E-state index contributed by atoms with van der Waals surface area (Å²) < 4.78 is 54.4. The van der Waals surface area contributed by atoms with E-state index in [9.17, 15) is 17.2 Å². The lowest BCUT2D eigenvalue weighted by molar-refractivity contribution is 0.0199. The number of nitrogens with two attached hydrogens (primary N) is 1. The lowest BCUT2D eigenvalue weighted by atomic mass is 10.3. The second-order valence-corrected chi connectivity index (χ2v) is 6.17. The molecule has 0 aromatic heterocycles. The Morgan fingerprint density at radius 2 is 2.11 bits per heavy atom. The lowest BCUT2D eigenvalue weighted by Gasteiger charge is -2.08. The van der Waals surface area contributed by atoms with Gasteiger partial charge in [0, 0.05) is 16.7 Å². The predicted molar refractivity (Wildman–Crippen MR) is 70.6 cm³/mol. The fraction of sp³-hybridized carbons (Fsp3) is 0.400. The highest BCUT2D eigenvalue weighted by Gasteiger charge is 2.14. The van der Waals surface area contributed by atoms with Crippen molar-refractivity contribution in [2.75, 3.05) is 25.5 Å². The number of alkyl halides is 2. The fourth-order valence-electron chi connectivity index (χ4n) is 1.18. The molecule has 1 rings (SSSR count). The van der Waals surface area contributed by atoms with Crippen molar-refractivity contribution < 1.29 is 21.9 Å². The van der Waals surface area contributed by atoms with Gasteiger partial charge in [-0.2, -0.15) is 0 Å². The van der Waals surface area contributed by atoms with Gasteiger partial charge >= 0.3 is 0 Å². The molecule has 0 fully saturated rings. The summed E-state index contributed by atoms with van der Waals surface area (Å²) in [5.74, 6) is 0. The maximum Gasteiger partial charge on any atom is 0.261 e. The van der Waals surface area contributed by atoms with Gasteiger partial charge in [-0.1, -0.05) is 0 Å². The van der Waals surface area contributed by atoms with E-state index in [-0.39, 0.29) is 18.0 Å². The number of sulfonamides is 1. The van der Waals surface area contributed by atoms with Gasteiger partial charge in [0.05, 0.1) is 11.5 Å². The number of nitrogens with one attached hydrogen (secondary N) is 1. The van der Waals surface area contributed by atoms with Crippen molar-refractivity contribution in [3.63, 3.8) is 0 Å². The second kappa shape index (κ2) is 7.13. The molecule has 0 amide bonds. The van der Waals surface area contributed by atoms with Crippen molar-refractivity contribution in [2.45, 2.75) is 11.3 Å². The molecule has 0 atom stereocenters. The van der Waals surface area contributed by atoms with Gasteiger partial charge in [-0.05, 0) is 34.1 Å². The van der Waals surface area contributed by atoms with E-state index < -0.39 is 23.1 Å². The first-order chi connectivity index (χ1) is 8.83. The Hall–Kier alpha value is -0.770. The van der Waals surface area contributed by atoms with Crippen LogP contribution in [0.5, 0.6) is 0 Å². The van der Waals surface area contributed by atoms with Crippen molar-refractivity contribution in [1.29, 1.82) is 0 Å². The number of hydrogen-bond acceptors (Lipinski definition) is 4. The summed E-state index contributed by atoms with van der Waals surface area (Å²) in [6.45, 7) is -0.925. The molecule has 0 aliphatic heterocycles. The van der Waals surface area contributed by atoms with Crippen LogP contribution in [0.25, 0.3) is 0 Å². The zero-order valence-electron chi connectivity index (χ0n) is 9.77. The first-order valence-corrected chi connectivity index (χ1v) is 7.51. The van der Waals surface area contributed by atoms with Gasteiger partial charge in [0.15, 0.2) is 0 Å². The van der Waals surface area contributed by atoms with Crippen LogP contribution in [0.2, 0.25) is 0 Å². The Morgan fingerprint density at radius 1 is 1.42 bits per heavy atom. The van der Waals surface area contributed by atoms with Crippen molar-refractivity contribution in [3.05, 3.63) is 22.7 Å². The summed E-state index contributed by atoms with van der Waals surface area (Å²) in [4.78, 5) is 0.0300. The van der Waals surface area contributed by atoms with Gasteiger partial charge in [-0.3, -0.25) is 0 Å². The molecular formula is C10H13BrF2N2O3S. The molecule has 1 aromatic rings. The summed E-state index contributed by atoms with van der Waals surface area (Å²) in [5, 5.41) is 0. The molecule has 5 nitrogen and oxygen atoms in total. The van der Waals surface area contributed by atoms with Crippen LogP contribution in [0.1, 0.15) is 0 Å². The monoisotopic (exact) mass is 358 g/mol. The van der Waals surface area contributed by atoms with Crippen molar-refractivity contribution in [1.82, 2.24) is 4.72 Å². The molecule has 1 aromatic carbocycles. The highest BCUT2D eigenvalue weighted by Crippen LogP contribution is 2.22. The van der Waals surface area contributed by atoms with Crippen LogP contribution in [0.3, 0.4) is 0 Å². The third-order valence-corrected chi connectivity index (χ3v) is 4.21. The maximum absolute atomic E-state index is 11.8. The Balaban J connectivity index is 2.54. The highest BCUT2D eigenvalue weighted by atomic mass is 79.9. The molecule has 9 heteroatoms. The Kier molecular flexibility index (Phi) is 6.11. The smallest absolute Gasteiger partial charge is 0.261 e. The molecule has 0 saturated heterocycles. The fourth-order valence-corrected chi connectivity index (χ4v) is 2.75. The Bertz CT molecular complexity index is 526. The molecule has 0 aliphatic carbocycles. The van der Waals surface area contributed by atoms with Crippen molar-refractivity contribution in [3.8, 4) is 0 Å². The quantitative estimate of drug-likeness (QED) is 0.572. The van der Waals surface area contributed by atoms with Gasteiger partial charge in [0.1, 0.15) is 6.61 Å². The topological polar surface area (TPSA) is 81.4 Å². The number of rotatable bonds is 7. The molecule has 0 spiro atoms. The highest BCUT2D eigenvalue weighted by molar-refractivity contribution is 9.10. The Morgan fingerprint density at radius 3 is 2.68 bits per heavy atom. The molecule has 0 unspecified atom stereocenters. The number of hydrogen-bond donors (Lipinski definition) is 2. The largest absolute Gasteiger partial charge is 0.398 e. The Labute approximate surface area is 118 Å². The van der Waals surface area contributed by atoms with Crippen LogP contribution in [-0.4, -0.2) is 34.6 Å². The van der Waals surface area contributed by atoms with E-state index in [1.54, 1.807) is 0 Å². The van der Waals surface area contributed by atoms with E-state index in [1.807, 2.05) is 0 Å². The van der Waals surface area contributed by atoms with E-state index in [0.717, 1.165) is 0 Å². The minimum Gasteiger partial charge on any atom is -0.398 e. The summed E-state index contributed by atoms with van der Waals surface area (Å²) in [7, 11) is -3.70. The zero-order valence-corrected chi connectivity index (χ0v) is 12.2. The summed E-state index contributed by atoms with van der Waals surface area (Å²) in [5.41, 5.74) is 5.96. The van der Waals surface area contributed by atoms with Gasteiger partial charge in [-0.15, -0.1) is 0 Å². The van der Waals surface area contributed by atoms with Gasteiger partial charge in [0.25, 0.3) is 6.43 Å². The molecule has 0 heterocycles. The molecule has 0 radical (unpaired) electrons. The summed E-state index contributed by atoms with van der Waals surface area (Å²) in [6.07, 6.45) is -2.57. The summed E-state index contributed by atoms with van der Waals surface area (Å²) in [6, 6.07) is 4.16. The van der Waals surface area contributed by atoms with Crippen LogP contribution in [-0.2, 0) is 14.8 Å². The standard InChI is InChI=1S/C10H13BrF2N2O3S/c11-8-5-7(1-2-9(8)14)19(16,17)15-3-4-18-6-10(12)13/h1-2,5,10,15H,3-4,6,14H2. The minimum atomic E-state index is -3.70. The third kappa shape index (κ3) is 5.39. The minimum absolute atomic E-state index is 0.0300. The van der Waals surface area contributed by atoms with Crippen molar-refractivity contribution >= 4 is 31.6 Å². The average molecular weight is 359 g/mol. The first-order valence-electron chi connectivity index (χ1n) is 5.23. The maximum atomic E-state index is 11.8. The normalized spacial score (nSPS) is 12.0. The number of benzene rings is 1. The SMILES string of the molecule is Nc1ccc(S(=O)(=O)NCCOCC(F)F)cc1Br. The summed E-state index contributed by atoms with van der Waals surface area (Å²) >= 11 is 3.12. The molecule has 0 saturated carbocycles. The van der Waals surface area contributed by atoms with Crippen molar-refractivity contribution in [2.24, 2.45) is 0 Å². The van der Waals surface area contributed by atoms with Crippen LogP contribution in [0, 0.1) is 0 Å². The molecular weight excluding hydrogens is 346 g/mol. The van der Waals surface area contributed by atoms with Crippen LogP contribution in [0.15, 0.2) is 27.6 Å².